The molecular weight excluding hydrogens is 363 g/mol. The minimum absolute atomic E-state index is 0.0600. The van der Waals surface area contributed by atoms with E-state index in [9.17, 15) is 9.18 Å². The highest BCUT2D eigenvalue weighted by Gasteiger charge is 2.19. The van der Waals surface area contributed by atoms with Crippen LogP contribution in [0, 0.1) is 17.1 Å². The highest BCUT2D eigenvalue weighted by atomic mass is 32.2. The number of nitrogens with one attached hydrogen (secondary N) is 1. The summed E-state index contributed by atoms with van der Waals surface area (Å²) < 4.78 is 13.0. The SMILES string of the molecule is N#CCSc1ccccc1NC(=O)CN1CCN(c2ccc(F)cc2)CC1. The number of para-hydroxylation sites is 1. The average Bonchev–Trinajstić information content (AvgIpc) is 2.68. The van der Waals surface area contributed by atoms with Gasteiger partial charge < -0.3 is 10.2 Å². The number of nitrogens with zero attached hydrogens (tertiary/aromatic N) is 3. The molecule has 7 heteroatoms. The number of piperazine rings is 1. The van der Waals surface area contributed by atoms with E-state index >= 15 is 0 Å². The molecule has 2 aromatic carbocycles. The molecule has 0 unspecified atom stereocenters. The summed E-state index contributed by atoms with van der Waals surface area (Å²) in [5.74, 6) is 0.0515. The van der Waals surface area contributed by atoms with Gasteiger partial charge in [-0.15, -0.1) is 11.8 Å². The first-order valence-corrected chi connectivity index (χ1v) is 9.76. The largest absolute Gasteiger partial charge is 0.369 e. The molecule has 1 heterocycles. The number of rotatable bonds is 6. The molecule has 1 aliphatic heterocycles. The van der Waals surface area contributed by atoms with E-state index in [0.29, 0.717) is 12.3 Å². The van der Waals surface area contributed by atoms with Gasteiger partial charge in [-0.3, -0.25) is 9.69 Å². The van der Waals surface area contributed by atoms with Gasteiger partial charge in [0.05, 0.1) is 24.1 Å². The Kier molecular flexibility index (Phi) is 6.69. The predicted octanol–water partition coefficient (Wildman–Crippen LogP) is 3.20. The Bertz CT molecular complexity index is 813. The van der Waals surface area contributed by atoms with Gasteiger partial charge in [0, 0.05) is 36.8 Å². The van der Waals surface area contributed by atoms with Crippen molar-refractivity contribution < 1.29 is 9.18 Å². The van der Waals surface area contributed by atoms with Gasteiger partial charge in [-0.05, 0) is 36.4 Å². The molecule has 0 aromatic heterocycles. The van der Waals surface area contributed by atoms with Gasteiger partial charge in [0.25, 0.3) is 0 Å². The monoisotopic (exact) mass is 384 g/mol. The lowest BCUT2D eigenvalue weighted by molar-refractivity contribution is -0.117. The summed E-state index contributed by atoms with van der Waals surface area (Å²) in [6.45, 7) is 3.47. The van der Waals surface area contributed by atoms with E-state index in [1.165, 1.54) is 23.9 Å². The maximum atomic E-state index is 13.0. The van der Waals surface area contributed by atoms with Crippen molar-refractivity contribution >= 4 is 29.0 Å². The van der Waals surface area contributed by atoms with Gasteiger partial charge in [-0.25, -0.2) is 4.39 Å². The molecule has 3 rings (SSSR count). The number of carbonyl (C=O) groups excluding carboxylic acids is 1. The minimum atomic E-state index is -0.234. The van der Waals surface area contributed by atoms with E-state index in [0.717, 1.165) is 42.4 Å². The van der Waals surface area contributed by atoms with Gasteiger partial charge in [0.2, 0.25) is 5.91 Å². The zero-order chi connectivity index (χ0) is 19.1. The molecule has 0 spiro atoms. The maximum absolute atomic E-state index is 13.0. The van der Waals surface area contributed by atoms with Crippen molar-refractivity contribution in [3.8, 4) is 6.07 Å². The summed E-state index contributed by atoms with van der Waals surface area (Å²) >= 11 is 1.41. The lowest BCUT2D eigenvalue weighted by Gasteiger charge is -2.35. The molecule has 1 aliphatic rings. The first kappa shape index (κ1) is 19.2. The van der Waals surface area contributed by atoms with Crippen molar-refractivity contribution in [2.75, 3.05) is 48.7 Å². The van der Waals surface area contributed by atoms with Crippen LogP contribution in [0.1, 0.15) is 0 Å². The number of carbonyl (C=O) groups is 1. The number of benzene rings is 2. The van der Waals surface area contributed by atoms with Crippen LogP contribution in [0.4, 0.5) is 15.8 Å². The average molecular weight is 384 g/mol. The Hall–Kier alpha value is -2.56. The predicted molar refractivity (Wildman–Crippen MR) is 106 cm³/mol. The summed E-state index contributed by atoms with van der Waals surface area (Å²) in [5.41, 5.74) is 1.75. The molecule has 2 aromatic rings. The fourth-order valence-electron chi connectivity index (χ4n) is 3.01. The van der Waals surface area contributed by atoms with Gasteiger partial charge in [-0.2, -0.15) is 5.26 Å². The quantitative estimate of drug-likeness (QED) is 0.775. The normalized spacial score (nSPS) is 14.6. The lowest BCUT2D eigenvalue weighted by Crippen LogP contribution is -2.48. The van der Waals surface area contributed by atoms with E-state index in [1.807, 2.05) is 24.3 Å². The summed E-state index contributed by atoms with van der Waals surface area (Å²) in [7, 11) is 0. The summed E-state index contributed by atoms with van der Waals surface area (Å²) in [5, 5.41) is 11.7. The van der Waals surface area contributed by atoms with Crippen molar-refractivity contribution in [2.24, 2.45) is 0 Å². The standard InChI is InChI=1S/C20H21FN4OS/c21-16-5-7-17(8-6-16)25-12-10-24(11-13-25)15-20(26)23-18-3-1-2-4-19(18)27-14-9-22/h1-8H,10-15H2,(H,23,26). The van der Waals surface area contributed by atoms with Crippen LogP contribution in [0.5, 0.6) is 0 Å². The van der Waals surface area contributed by atoms with Crippen LogP contribution in [-0.4, -0.2) is 49.3 Å². The third kappa shape index (κ3) is 5.46. The summed E-state index contributed by atoms with van der Waals surface area (Å²) in [4.78, 5) is 17.6. The fourth-order valence-corrected chi connectivity index (χ4v) is 3.68. The smallest absolute Gasteiger partial charge is 0.238 e. The number of nitriles is 1. The number of halogens is 1. The zero-order valence-electron chi connectivity index (χ0n) is 14.9. The van der Waals surface area contributed by atoms with Crippen LogP contribution >= 0.6 is 11.8 Å². The van der Waals surface area contributed by atoms with Crippen molar-refractivity contribution in [1.82, 2.24) is 4.90 Å². The van der Waals surface area contributed by atoms with Crippen molar-refractivity contribution in [3.63, 3.8) is 0 Å². The number of anilines is 2. The van der Waals surface area contributed by atoms with Crippen LogP contribution < -0.4 is 10.2 Å². The molecule has 0 bridgehead atoms. The topological polar surface area (TPSA) is 59.4 Å². The molecule has 1 fully saturated rings. The van der Waals surface area contributed by atoms with E-state index in [-0.39, 0.29) is 11.7 Å². The van der Waals surface area contributed by atoms with Gasteiger partial charge in [0.1, 0.15) is 5.82 Å². The van der Waals surface area contributed by atoms with E-state index in [4.69, 9.17) is 5.26 Å². The van der Waals surface area contributed by atoms with E-state index in [2.05, 4.69) is 21.2 Å². The summed E-state index contributed by atoms with van der Waals surface area (Å²) in [6.07, 6.45) is 0. The van der Waals surface area contributed by atoms with Crippen LogP contribution in [0.2, 0.25) is 0 Å². The molecule has 0 atom stereocenters. The van der Waals surface area contributed by atoms with Crippen LogP contribution in [0.15, 0.2) is 53.4 Å². The first-order valence-electron chi connectivity index (χ1n) is 8.77. The lowest BCUT2D eigenvalue weighted by atomic mass is 10.2. The number of thioether (sulfide) groups is 1. The molecule has 1 N–H and O–H groups in total. The van der Waals surface area contributed by atoms with Gasteiger partial charge in [0.15, 0.2) is 0 Å². The van der Waals surface area contributed by atoms with Crippen LogP contribution in [0.25, 0.3) is 0 Å². The van der Waals surface area contributed by atoms with E-state index < -0.39 is 0 Å². The molecule has 0 aliphatic carbocycles. The van der Waals surface area contributed by atoms with Crippen molar-refractivity contribution in [2.45, 2.75) is 4.90 Å². The number of hydrogen-bond donors (Lipinski definition) is 1. The molecule has 27 heavy (non-hydrogen) atoms. The third-order valence-corrected chi connectivity index (χ3v) is 5.33. The molecule has 0 radical (unpaired) electrons. The Morgan fingerprint density at radius 2 is 1.81 bits per heavy atom. The third-order valence-electron chi connectivity index (χ3n) is 4.38. The Balaban J connectivity index is 1.50. The van der Waals surface area contributed by atoms with Crippen LogP contribution in [0.3, 0.4) is 0 Å². The minimum Gasteiger partial charge on any atom is -0.369 e. The maximum Gasteiger partial charge on any atom is 0.238 e. The summed E-state index contributed by atoms with van der Waals surface area (Å²) in [6, 6.07) is 16.1. The van der Waals surface area contributed by atoms with Crippen LogP contribution in [-0.2, 0) is 4.79 Å². The molecular formula is C20H21FN4OS. The van der Waals surface area contributed by atoms with Crippen molar-refractivity contribution in [1.29, 1.82) is 5.26 Å². The first-order chi connectivity index (χ1) is 13.2. The Morgan fingerprint density at radius 1 is 1.11 bits per heavy atom. The molecule has 0 saturated carbocycles. The number of amides is 1. The zero-order valence-corrected chi connectivity index (χ0v) is 15.7. The second-order valence-electron chi connectivity index (χ2n) is 6.23. The molecule has 1 amide bonds. The van der Waals surface area contributed by atoms with E-state index in [1.54, 1.807) is 12.1 Å². The highest BCUT2D eigenvalue weighted by Crippen LogP contribution is 2.26. The van der Waals surface area contributed by atoms with Gasteiger partial charge in [-0.1, -0.05) is 12.1 Å². The molecule has 1 saturated heterocycles. The fraction of sp³-hybridized carbons (Fsp3) is 0.300. The highest BCUT2D eigenvalue weighted by molar-refractivity contribution is 7.99. The molecule has 5 nitrogen and oxygen atoms in total. The van der Waals surface area contributed by atoms with Crippen molar-refractivity contribution in [3.05, 3.63) is 54.3 Å². The second kappa shape index (κ2) is 9.40. The second-order valence-corrected chi connectivity index (χ2v) is 7.25. The Morgan fingerprint density at radius 3 is 2.52 bits per heavy atom. The Labute approximate surface area is 162 Å². The molecule has 140 valence electrons. The van der Waals surface area contributed by atoms with Gasteiger partial charge >= 0.3 is 0 Å². The number of hydrogen-bond acceptors (Lipinski definition) is 5.